The van der Waals surface area contributed by atoms with E-state index in [0.717, 1.165) is 6.54 Å². The van der Waals surface area contributed by atoms with Crippen LogP contribution >= 0.6 is 0 Å². The second kappa shape index (κ2) is 2.87. The smallest absolute Gasteiger partial charge is 0.117 e. The number of halogens is 1. The molecule has 0 aromatic carbocycles. The van der Waals surface area contributed by atoms with Gasteiger partial charge in [-0.25, -0.2) is 4.39 Å². The molecule has 0 bridgehead atoms. The fourth-order valence-electron chi connectivity index (χ4n) is 1.61. The maximum atomic E-state index is 13.0. The van der Waals surface area contributed by atoms with Gasteiger partial charge in [-0.2, -0.15) is 0 Å². The topological polar surface area (TPSA) is 3.24 Å². The molecule has 2 heteroatoms. The molecule has 0 unspecified atom stereocenters. The maximum absolute atomic E-state index is 13.0. The molecule has 60 valence electrons. The first-order chi connectivity index (χ1) is 4.61. The van der Waals surface area contributed by atoms with Crippen molar-refractivity contribution >= 4 is 0 Å². The zero-order valence-corrected chi connectivity index (χ0v) is 6.97. The van der Waals surface area contributed by atoms with Crippen molar-refractivity contribution in [3.8, 4) is 0 Å². The Kier molecular flexibility index (Phi) is 2.29. The van der Waals surface area contributed by atoms with Crippen LogP contribution in [0.5, 0.6) is 0 Å². The highest BCUT2D eigenvalue weighted by Crippen LogP contribution is 2.25. The molecule has 1 heterocycles. The Morgan fingerprint density at radius 2 is 2.00 bits per heavy atom. The van der Waals surface area contributed by atoms with Crippen molar-refractivity contribution < 1.29 is 4.39 Å². The molecule has 1 fully saturated rings. The van der Waals surface area contributed by atoms with Gasteiger partial charge in [-0.15, -0.1) is 0 Å². The molecule has 0 radical (unpaired) electrons. The Hall–Kier alpha value is -0.110. The molecule has 0 saturated carbocycles. The van der Waals surface area contributed by atoms with Gasteiger partial charge in [0.25, 0.3) is 0 Å². The first kappa shape index (κ1) is 7.99. The van der Waals surface area contributed by atoms with Crippen LogP contribution in [-0.2, 0) is 0 Å². The number of hydrogen-bond acceptors (Lipinski definition) is 1. The quantitative estimate of drug-likeness (QED) is 0.541. The minimum atomic E-state index is -0.593. The van der Waals surface area contributed by atoms with Crippen LogP contribution < -0.4 is 0 Å². The summed E-state index contributed by atoms with van der Waals surface area (Å²) < 4.78 is 13.0. The lowest BCUT2D eigenvalue weighted by Crippen LogP contribution is -2.19. The second-order valence-corrected chi connectivity index (χ2v) is 3.65. The van der Waals surface area contributed by atoms with Gasteiger partial charge in [-0.3, -0.25) is 0 Å². The zero-order chi connectivity index (χ0) is 7.72. The number of likely N-dealkylation sites (tertiary alicyclic amines) is 1. The molecule has 1 saturated heterocycles. The summed E-state index contributed by atoms with van der Waals surface area (Å²) in [5, 5.41) is 0. The number of rotatable bonds is 1. The van der Waals surface area contributed by atoms with Gasteiger partial charge >= 0.3 is 0 Å². The summed E-state index contributed by atoms with van der Waals surface area (Å²) >= 11 is 0. The summed E-state index contributed by atoms with van der Waals surface area (Å²) in [7, 11) is 1.98. The lowest BCUT2D eigenvalue weighted by Gasteiger charge is -2.15. The van der Waals surface area contributed by atoms with Crippen molar-refractivity contribution in [2.45, 2.75) is 20.0 Å². The summed E-state index contributed by atoms with van der Waals surface area (Å²) in [5.41, 5.74) is 0. The number of alkyl halides is 1. The summed E-state index contributed by atoms with van der Waals surface area (Å²) in [6, 6.07) is 0. The van der Waals surface area contributed by atoms with Gasteiger partial charge in [-0.05, 0) is 13.0 Å². The van der Waals surface area contributed by atoms with Crippen LogP contribution in [0.1, 0.15) is 13.8 Å². The molecule has 0 N–H and O–H groups in total. The minimum absolute atomic E-state index is 0.269. The molecule has 0 aromatic heterocycles. The molecular weight excluding hydrogens is 129 g/mol. The van der Waals surface area contributed by atoms with Gasteiger partial charge in [0.05, 0.1) is 0 Å². The monoisotopic (exact) mass is 145 g/mol. The van der Waals surface area contributed by atoms with E-state index in [2.05, 4.69) is 18.7 Å². The molecule has 1 rings (SSSR count). The Morgan fingerprint density at radius 3 is 2.20 bits per heavy atom. The average molecular weight is 145 g/mol. The van der Waals surface area contributed by atoms with Gasteiger partial charge in [0.15, 0.2) is 0 Å². The maximum Gasteiger partial charge on any atom is 0.117 e. The van der Waals surface area contributed by atoms with Crippen LogP contribution in [0.25, 0.3) is 0 Å². The van der Waals surface area contributed by atoms with Crippen molar-refractivity contribution in [3.63, 3.8) is 0 Å². The van der Waals surface area contributed by atoms with Crippen LogP contribution in [0.3, 0.4) is 0 Å². The van der Waals surface area contributed by atoms with E-state index in [0.29, 0.717) is 12.5 Å². The third-order valence-electron chi connectivity index (χ3n) is 2.33. The molecule has 1 aliphatic heterocycles. The van der Waals surface area contributed by atoms with E-state index >= 15 is 0 Å². The van der Waals surface area contributed by atoms with Crippen molar-refractivity contribution in [2.24, 2.45) is 11.8 Å². The van der Waals surface area contributed by atoms with E-state index in [4.69, 9.17) is 0 Å². The van der Waals surface area contributed by atoms with Gasteiger partial charge in [0.2, 0.25) is 0 Å². The van der Waals surface area contributed by atoms with Crippen molar-refractivity contribution in [1.29, 1.82) is 0 Å². The van der Waals surface area contributed by atoms with Gasteiger partial charge in [-0.1, -0.05) is 13.8 Å². The second-order valence-electron chi connectivity index (χ2n) is 3.65. The van der Waals surface area contributed by atoms with E-state index in [9.17, 15) is 4.39 Å². The SMILES string of the molecule is CC(C)[C@@H]1CN(C)C[C@H]1F. The largest absolute Gasteiger partial charge is 0.303 e. The summed E-state index contributed by atoms with van der Waals surface area (Å²) in [6.07, 6.45) is -0.593. The molecule has 1 nitrogen and oxygen atoms in total. The zero-order valence-electron chi connectivity index (χ0n) is 6.97. The number of nitrogens with zero attached hydrogens (tertiary/aromatic N) is 1. The normalized spacial score (nSPS) is 35.7. The minimum Gasteiger partial charge on any atom is -0.303 e. The average Bonchev–Trinajstić information content (AvgIpc) is 2.10. The molecule has 0 aliphatic carbocycles. The molecule has 2 atom stereocenters. The van der Waals surface area contributed by atoms with Crippen LogP contribution in [0.4, 0.5) is 4.39 Å². The highest BCUT2D eigenvalue weighted by molar-refractivity contribution is 4.83. The number of hydrogen-bond donors (Lipinski definition) is 0. The van der Waals surface area contributed by atoms with Crippen LogP contribution in [0.15, 0.2) is 0 Å². The standard InChI is InChI=1S/C8H16FN/c1-6(2)7-4-10(3)5-8(7)9/h6-8H,4-5H2,1-3H3/t7-,8+/m0/s1. The molecule has 10 heavy (non-hydrogen) atoms. The lowest BCUT2D eigenvalue weighted by molar-refractivity contribution is 0.234. The molecule has 0 spiro atoms. The molecule has 0 amide bonds. The first-order valence-electron chi connectivity index (χ1n) is 3.94. The molecule has 0 aromatic rings. The predicted molar refractivity (Wildman–Crippen MR) is 40.7 cm³/mol. The Bertz CT molecular complexity index is 114. The summed E-state index contributed by atoms with van der Waals surface area (Å²) in [6.45, 7) is 5.74. The third-order valence-corrected chi connectivity index (χ3v) is 2.33. The van der Waals surface area contributed by atoms with E-state index in [1.807, 2.05) is 7.05 Å². The third kappa shape index (κ3) is 1.48. The Labute approximate surface area is 62.2 Å². The van der Waals surface area contributed by atoms with E-state index in [1.54, 1.807) is 0 Å². The van der Waals surface area contributed by atoms with Gasteiger partial charge in [0, 0.05) is 19.0 Å². The lowest BCUT2D eigenvalue weighted by atomic mass is 9.94. The van der Waals surface area contributed by atoms with Crippen molar-refractivity contribution in [3.05, 3.63) is 0 Å². The van der Waals surface area contributed by atoms with Crippen molar-refractivity contribution in [1.82, 2.24) is 4.90 Å². The van der Waals surface area contributed by atoms with Crippen LogP contribution in [-0.4, -0.2) is 31.2 Å². The fourth-order valence-corrected chi connectivity index (χ4v) is 1.61. The fraction of sp³-hybridized carbons (Fsp3) is 1.00. The Morgan fingerprint density at radius 1 is 1.40 bits per heavy atom. The molecule has 1 aliphatic rings. The predicted octanol–water partition coefficient (Wildman–Crippen LogP) is 1.54. The highest BCUT2D eigenvalue weighted by Gasteiger charge is 2.32. The van der Waals surface area contributed by atoms with Gasteiger partial charge < -0.3 is 4.90 Å². The van der Waals surface area contributed by atoms with Gasteiger partial charge in [0.1, 0.15) is 6.17 Å². The van der Waals surface area contributed by atoms with Crippen LogP contribution in [0, 0.1) is 11.8 Å². The first-order valence-corrected chi connectivity index (χ1v) is 3.94. The highest BCUT2D eigenvalue weighted by atomic mass is 19.1. The van der Waals surface area contributed by atoms with Crippen molar-refractivity contribution in [2.75, 3.05) is 20.1 Å². The molecular formula is C8H16FN. The summed E-state index contributed by atoms with van der Waals surface area (Å²) in [5.74, 6) is 0.755. The van der Waals surface area contributed by atoms with E-state index in [1.165, 1.54) is 0 Å². The summed E-state index contributed by atoms with van der Waals surface area (Å²) in [4.78, 5) is 2.06. The van der Waals surface area contributed by atoms with Crippen LogP contribution in [0.2, 0.25) is 0 Å². The van der Waals surface area contributed by atoms with E-state index in [-0.39, 0.29) is 5.92 Å². The Balaban J connectivity index is 2.46. The van der Waals surface area contributed by atoms with E-state index < -0.39 is 6.17 Å².